The van der Waals surface area contributed by atoms with E-state index >= 15 is 0 Å². The van der Waals surface area contributed by atoms with Gasteiger partial charge < -0.3 is 9.51 Å². The average Bonchev–Trinajstić information content (AvgIpc) is 2.68. The van der Waals surface area contributed by atoms with Crippen molar-refractivity contribution >= 4 is 11.5 Å². The molecule has 0 aliphatic heterocycles. The fourth-order valence-electron chi connectivity index (χ4n) is 1.87. The molecule has 2 heterocycles. The second-order valence-electron chi connectivity index (χ2n) is 3.96. The molecule has 0 atom stereocenters. The van der Waals surface area contributed by atoms with E-state index in [9.17, 15) is 4.79 Å². The van der Waals surface area contributed by atoms with Crippen molar-refractivity contribution in [2.24, 2.45) is 0 Å². The average molecular weight is 217 g/mol. The largest absolute Gasteiger partial charge is 0.478 e. The Morgan fingerprint density at radius 2 is 2.12 bits per heavy atom. The lowest BCUT2D eigenvalue weighted by Gasteiger charge is -2.01. The summed E-state index contributed by atoms with van der Waals surface area (Å²) in [5.41, 5.74) is 2.59. The van der Waals surface area contributed by atoms with E-state index in [2.05, 4.69) is 13.0 Å². The second kappa shape index (κ2) is 4.39. The summed E-state index contributed by atoms with van der Waals surface area (Å²) < 4.78 is 1.97. The number of aromatic carboxylic acids is 1. The van der Waals surface area contributed by atoms with Crippen molar-refractivity contribution in [1.82, 2.24) is 4.40 Å². The molecule has 3 nitrogen and oxygen atoms in total. The summed E-state index contributed by atoms with van der Waals surface area (Å²) in [6.07, 6.45) is 7.07. The molecule has 0 amide bonds. The van der Waals surface area contributed by atoms with E-state index in [4.69, 9.17) is 5.11 Å². The van der Waals surface area contributed by atoms with Crippen LogP contribution in [0, 0.1) is 0 Å². The molecule has 0 aliphatic carbocycles. The first kappa shape index (κ1) is 10.7. The van der Waals surface area contributed by atoms with Crippen LogP contribution in [-0.4, -0.2) is 15.5 Å². The number of hydrogen-bond acceptors (Lipinski definition) is 1. The van der Waals surface area contributed by atoms with Crippen LogP contribution < -0.4 is 0 Å². The lowest BCUT2D eigenvalue weighted by atomic mass is 10.1. The van der Waals surface area contributed by atoms with Gasteiger partial charge in [-0.05, 0) is 36.6 Å². The number of pyridine rings is 1. The van der Waals surface area contributed by atoms with Gasteiger partial charge in [-0.25, -0.2) is 4.79 Å². The normalized spacial score (nSPS) is 10.8. The Morgan fingerprint density at radius 3 is 2.81 bits per heavy atom. The first-order valence-corrected chi connectivity index (χ1v) is 5.55. The van der Waals surface area contributed by atoms with Gasteiger partial charge >= 0.3 is 5.97 Å². The lowest BCUT2D eigenvalue weighted by Crippen LogP contribution is -1.97. The molecule has 0 aromatic carbocycles. The van der Waals surface area contributed by atoms with Gasteiger partial charge in [0.25, 0.3) is 0 Å². The molecule has 0 spiro atoms. The standard InChI is InChI=1S/C13H15NO2/c1-2-3-4-10-5-7-14-8-6-11(13(15)16)9-12(10)14/h5-9H,2-4H2,1H3,(H,15,16). The Morgan fingerprint density at radius 1 is 1.38 bits per heavy atom. The van der Waals surface area contributed by atoms with Gasteiger partial charge in [-0.15, -0.1) is 0 Å². The molecular weight excluding hydrogens is 202 g/mol. The molecule has 0 saturated heterocycles. The minimum atomic E-state index is -0.870. The number of rotatable bonds is 4. The molecule has 84 valence electrons. The van der Waals surface area contributed by atoms with Crippen molar-refractivity contribution in [2.75, 3.05) is 0 Å². The topological polar surface area (TPSA) is 41.7 Å². The van der Waals surface area contributed by atoms with Crippen molar-refractivity contribution in [3.63, 3.8) is 0 Å². The van der Waals surface area contributed by atoms with Crippen molar-refractivity contribution in [1.29, 1.82) is 0 Å². The van der Waals surface area contributed by atoms with E-state index in [1.54, 1.807) is 18.3 Å². The Bertz CT molecular complexity index is 514. The SMILES string of the molecule is CCCCc1ccn2ccc(C(=O)O)cc12. The van der Waals surface area contributed by atoms with E-state index in [1.165, 1.54) is 5.56 Å². The minimum absolute atomic E-state index is 0.351. The summed E-state index contributed by atoms with van der Waals surface area (Å²) in [6, 6.07) is 5.43. The molecule has 16 heavy (non-hydrogen) atoms. The summed E-state index contributed by atoms with van der Waals surface area (Å²) >= 11 is 0. The van der Waals surface area contributed by atoms with E-state index in [-0.39, 0.29) is 0 Å². The van der Waals surface area contributed by atoms with E-state index in [0.717, 1.165) is 24.8 Å². The van der Waals surface area contributed by atoms with Gasteiger partial charge in [0.05, 0.1) is 5.56 Å². The summed E-state index contributed by atoms with van der Waals surface area (Å²) in [4.78, 5) is 10.9. The quantitative estimate of drug-likeness (QED) is 0.855. The van der Waals surface area contributed by atoms with Gasteiger partial charge in [-0.2, -0.15) is 0 Å². The van der Waals surface area contributed by atoms with Crippen LogP contribution in [-0.2, 0) is 6.42 Å². The summed E-state index contributed by atoms with van der Waals surface area (Å²) in [6.45, 7) is 2.15. The number of carbonyl (C=O) groups is 1. The Labute approximate surface area is 94.3 Å². The molecule has 0 unspecified atom stereocenters. The Kier molecular flexibility index (Phi) is 2.95. The van der Waals surface area contributed by atoms with Gasteiger partial charge in [0.2, 0.25) is 0 Å². The summed E-state index contributed by atoms with van der Waals surface area (Å²) in [7, 11) is 0. The van der Waals surface area contributed by atoms with Gasteiger partial charge in [0.1, 0.15) is 0 Å². The molecule has 0 aliphatic rings. The third kappa shape index (κ3) is 1.94. The van der Waals surface area contributed by atoms with Gasteiger partial charge in [0, 0.05) is 17.9 Å². The van der Waals surface area contributed by atoms with Crippen LogP contribution in [0.1, 0.15) is 35.7 Å². The molecule has 0 saturated carbocycles. The fourth-order valence-corrected chi connectivity index (χ4v) is 1.87. The van der Waals surface area contributed by atoms with Crippen LogP contribution in [0.25, 0.3) is 5.52 Å². The Hall–Kier alpha value is -1.77. The number of unbranched alkanes of at least 4 members (excludes halogenated alkanes) is 1. The zero-order valence-corrected chi connectivity index (χ0v) is 9.31. The van der Waals surface area contributed by atoms with Crippen molar-refractivity contribution in [3.05, 3.63) is 41.7 Å². The van der Waals surface area contributed by atoms with Crippen LogP contribution in [0.15, 0.2) is 30.6 Å². The molecule has 0 fully saturated rings. The molecule has 2 rings (SSSR count). The molecule has 2 aromatic heterocycles. The minimum Gasteiger partial charge on any atom is -0.478 e. The summed E-state index contributed by atoms with van der Waals surface area (Å²) in [5, 5.41) is 8.94. The number of fused-ring (bicyclic) bond motifs is 1. The zero-order chi connectivity index (χ0) is 11.5. The maximum absolute atomic E-state index is 10.9. The van der Waals surface area contributed by atoms with Crippen LogP contribution >= 0.6 is 0 Å². The second-order valence-corrected chi connectivity index (χ2v) is 3.96. The van der Waals surface area contributed by atoms with Gasteiger partial charge in [-0.1, -0.05) is 13.3 Å². The van der Waals surface area contributed by atoms with Crippen molar-refractivity contribution < 1.29 is 9.90 Å². The monoisotopic (exact) mass is 217 g/mol. The zero-order valence-electron chi connectivity index (χ0n) is 9.31. The molecule has 1 N–H and O–H groups in total. The number of carboxylic acids is 1. The van der Waals surface area contributed by atoms with E-state index in [1.807, 2.05) is 10.6 Å². The molecule has 3 heteroatoms. The van der Waals surface area contributed by atoms with Gasteiger partial charge in [0.15, 0.2) is 0 Å². The van der Waals surface area contributed by atoms with Crippen LogP contribution in [0.4, 0.5) is 0 Å². The first-order chi connectivity index (χ1) is 7.72. The molecule has 2 aromatic rings. The number of carboxylic acid groups (broad SMARTS) is 1. The maximum Gasteiger partial charge on any atom is 0.335 e. The third-order valence-corrected chi connectivity index (χ3v) is 2.80. The fraction of sp³-hybridized carbons (Fsp3) is 0.308. The van der Waals surface area contributed by atoms with Crippen molar-refractivity contribution in [3.8, 4) is 0 Å². The highest BCUT2D eigenvalue weighted by molar-refractivity contribution is 5.89. The highest BCUT2D eigenvalue weighted by Gasteiger charge is 2.06. The van der Waals surface area contributed by atoms with E-state index < -0.39 is 5.97 Å². The lowest BCUT2D eigenvalue weighted by molar-refractivity contribution is 0.0697. The number of aryl methyl sites for hydroxylation is 1. The number of aromatic nitrogens is 1. The molecule has 0 radical (unpaired) electrons. The predicted molar refractivity (Wildman–Crippen MR) is 63.0 cm³/mol. The van der Waals surface area contributed by atoms with Crippen LogP contribution in [0.2, 0.25) is 0 Å². The maximum atomic E-state index is 10.9. The van der Waals surface area contributed by atoms with Crippen molar-refractivity contribution in [2.45, 2.75) is 26.2 Å². The highest BCUT2D eigenvalue weighted by Crippen LogP contribution is 2.17. The Balaban J connectivity index is 2.43. The van der Waals surface area contributed by atoms with Crippen LogP contribution in [0.3, 0.4) is 0 Å². The van der Waals surface area contributed by atoms with Gasteiger partial charge in [-0.3, -0.25) is 0 Å². The predicted octanol–water partition coefficient (Wildman–Crippen LogP) is 2.98. The highest BCUT2D eigenvalue weighted by atomic mass is 16.4. The molecule has 0 bridgehead atoms. The number of hydrogen-bond donors (Lipinski definition) is 1. The smallest absolute Gasteiger partial charge is 0.335 e. The third-order valence-electron chi connectivity index (χ3n) is 2.80. The summed E-state index contributed by atoms with van der Waals surface area (Å²) in [5.74, 6) is -0.870. The molecular formula is C13H15NO2. The van der Waals surface area contributed by atoms with E-state index in [0.29, 0.717) is 5.56 Å². The number of nitrogens with zero attached hydrogens (tertiary/aromatic N) is 1. The first-order valence-electron chi connectivity index (χ1n) is 5.55. The van der Waals surface area contributed by atoms with Crippen LogP contribution in [0.5, 0.6) is 0 Å².